The van der Waals surface area contributed by atoms with Crippen LogP contribution in [0.3, 0.4) is 0 Å². The highest BCUT2D eigenvalue weighted by Crippen LogP contribution is 2.14. The lowest BCUT2D eigenvalue weighted by atomic mass is 10.1. The van der Waals surface area contributed by atoms with Crippen LogP contribution < -0.4 is 0 Å². The summed E-state index contributed by atoms with van der Waals surface area (Å²) in [6, 6.07) is 0. The Morgan fingerprint density at radius 2 is 2.17 bits per heavy atom. The number of rotatable bonds is 5. The normalized spacial score (nSPS) is 16.2. The van der Waals surface area contributed by atoms with Crippen molar-refractivity contribution < 1.29 is 0 Å². The van der Waals surface area contributed by atoms with Gasteiger partial charge in [0.05, 0.1) is 0 Å². The highest BCUT2D eigenvalue weighted by molar-refractivity contribution is 5.30. The van der Waals surface area contributed by atoms with E-state index in [-0.39, 0.29) is 0 Å². The molecule has 0 aromatic carbocycles. The standard InChI is InChI=1S/C17H23N/c1-5-9-17(6-2)18(4)14-16-11-8-7-10-15(3)12-13-16/h5-6,8-9,11-13H,1-2,7,10,14H2,3-4H3. The third kappa shape index (κ3) is 4.62. The zero-order valence-electron chi connectivity index (χ0n) is 11.5. The summed E-state index contributed by atoms with van der Waals surface area (Å²) in [7, 11) is 2.07. The lowest BCUT2D eigenvalue weighted by molar-refractivity contribution is 0.472. The van der Waals surface area contributed by atoms with Gasteiger partial charge in [0.25, 0.3) is 0 Å². The molecule has 0 aromatic rings. The first kappa shape index (κ1) is 14.3. The van der Waals surface area contributed by atoms with Gasteiger partial charge >= 0.3 is 0 Å². The van der Waals surface area contributed by atoms with E-state index >= 15 is 0 Å². The summed E-state index contributed by atoms with van der Waals surface area (Å²) in [6.45, 7) is 10.6. The molecule has 0 bridgehead atoms. The zero-order chi connectivity index (χ0) is 13.4. The number of hydrogen-bond donors (Lipinski definition) is 0. The Labute approximate surface area is 111 Å². The van der Waals surface area contributed by atoms with Crippen molar-refractivity contribution in [3.8, 4) is 0 Å². The summed E-state index contributed by atoms with van der Waals surface area (Å²) in [5.41, 5.74) is 3.83. The monoisotopic (exact) mass is 241 g/mol. The number of likely N-dealkylation sites (N-methyl/N-ethyl adjacent to an activating group) is 1. The maximum Gasteiger partial charge on any atom is 0.0426 e. The third-order valence-electron chi connectivity index (χ3n) is 2.98. The summed E-state index contributed by atoms with van der Waals surface area (Å²) in [5, 5.41) is 0. The van der Waals surface area contributed by atoms with Gasteiger partial charge in [-0.2, -0.15) is 0 Å². The molecule has 18 heavy (non-hydrogen) atoms. The molecule has 0 radical (unpaired) electrons. The quantitative estimate of drug-likeness (QED) is 0.645. The molecule has 0 aromatic heterocycles. The third-order valence-corrected chi connectivity index (χ3v) is 2.98. The van der Waals surface area contributed by atoms with Gasteiger partial charge in [-0.25, -0.2) is 0 Å². The minimum absolute atomic E-state index is 0.881. The highest BCUT2D eigenvalue weighted by Gasteiger charge is 2.03. The van der Waals surface area contributed by atoms with Crippen LogP contribution in [0.5, 0.6) is 0 Å². The molecule has 0 heterocycles. The molecule has 1 heteroatoms. The lowest BCUT2D eigenvalue weighted by Gasteiger charge is -2.21. The average molecular weight is 241 g/mol. The van der Waals surface area contributed by atoms with E-state index in [1.54, 1.807) is 6.08 Å². The first-order chi connectivity index (χ1) is 8.67. The molecule has 1 aliphatic rings. The van der Waals surface area contributed by atoms with Crippen LogP contribution in [-0.4, -0.2) is 18.5 Å². The van der Waals surface area contributed by atoms with Crippen LogP contribution >= 0.6 is 0 Å². The summed E-state index contributed by atoms with van der Waals surface area (Å²) >= 11 is 0. The molecule has 0 atom stereocenters. The van der Waals surface area contributed by atoms with Crippen LogP contribution in [0.1, 0.15) is 19.8 Å². The van der Waals surface area contributed by atoms with Crippen LogP contribution in [0.4, 0.5) is 0 Å². The Bertz CT molecular complexity index is 419. The van der Waals surface area contributed by atoms with E-state index in [0.29, 0.717) is 0 Å². The van der Waals surface area contributed by atoms with Crippen molar-refractivity contribution in [2.75, 3.05) is 13.6 Å². The fraction of sp³-hybridized carbons (Fsp3) is 0.294. The van der Waals surface area contributed by atoms with Crippen molar-refractivity contribution in [3.05, 3.63) is 72.5 Å². The Kier molecular flexibility index (Phi) is 5.99. The van der Waals surface area contributed by atoms with Gasteiger partial charge in [-0.15, -0.1) is 0 Å². The predicted molar refractivity (Wildman–Crippen MR) is 81.3 cm³/mol. The second-order valence-corrected chi connectivity index (χ2v) is 4.58. The van der Waals surface area contributed by atoms with E-state index in [1.165, 1.54) is 11.1 Å². The van der Waals surface area contributed by atoms with Gasteiger partial charge in [0.1, 0.15) is 0 Å². The zero-order valence-corrected chi connectivity index (χ0v) is 11.5. The smallest absolute Gasteiger partial charge is 0.0426 e. The summed E-state index contributed by atoms with van der Waals surface area (Å²) < 4.78 is 0. The van der Waals surface area contributed by atoms with Crippen molar-refractivity contribution in [1.29, 1.82) is 0 Å². The van der Waals surface area contributed by atoms with Crippen LogP contribution in [0.25, 0.3) is 0 Å². The molecule has 0 aliphatic heterocycles. The Morgan fingerprint density at radius 3 is 2.83 bits per heavy atom. The fourth-order valence-electron chi connectivity index (χ4n) is 1.88. The molecule has 0 saturated heterocycles. The van der Waals surface area contributed by atoms with Crippen LogP contribution in [0.2, 0.25) is 0 Å². The fourth-order valence-corrected chi connectivity index (χ4v) is 1.88. The number of nitrogens with zero attached hydrogens (tertiary/aromatic N) is 1. The van der Waals surface area contributed by atoms with Gasteiger partial charge in [-0.1, -0.05) is 49.1 Å². The van der Waals surface area contributed by atoms with Crippen LogP contribution in [0, 0.1) is 0 Å². The molecule has 96 valence electrons. The number of hydrogen-bond acceptors (Lipinski definition) is 1. The molecule has 1 rings (SSSR count). The number of allylic oxidation sites excluding steroid dienone is 7. The van der Waals surface area contributed by atoms with Gasteiger partial charge < -0.3 is 4.90 Å². The topological polar surface area (TPSA) is 3.24 Å². The second-order valence-electron chi connectivity index (χ2n) is 4.58. The van der Waals surface area contributed by atoms with Gasteiger partial charge in [-0.3, -0.25) is 0 Å². The second kappa shape index (κ2) is 7.54. The largest absolute Gasteiger partial charge is 0.370 e. The first-order valence-corrected chi connectivity index (χ1v) is 6.36. The first-order valence-electron chi connectivity index (χ1n) is 6.36. The summed E-state index contributed by atoms with van der Waals surface area (Å²) in [5.74, 6) is 0. The molecule has 0 saturated carbocycles. The SMILES string of the molecule is C=CC=C(C=C)N(C)CC1=CC=C(C)CCC=C1. The molecular weight excluding hydrogens is 218 g/mol. The maximum absolute atomic E-state index is 3.83. The average Bonchev–Trinajstić information content (AvgIpc) is 2.34. The summed E-state index contributed by atoms with van der Waals surface area (Å²) in [4.78, 5) is 2.18. The molecule has 1 aliphatic carbocycles. The Morgan fingerprint density at radius 1 is 1.39 bits per heavy atom. The van der Waals surface area contributed by atoms with Gasteiger partial charge in [-0.05, 0) is 37.5 Å². The Balaban J connectivity index is 2.79. The van der Waals surface area contributed by atoms with E-state index < -0.39 is 0 Å². The minimum atomic E-state index is 0.881. The van der Waals surface area contributed by atoms with Gasteiger partial charge in [0.15, 0.2) is 0 Å². The molecule has 1 nitrogen and oxygen atoms in total. The van der Waals surface area contributed by atoms with E-state index in [2.05, 4.69) is 56.3 Å². The van der Waals surface area contributed by atoms with Crippen LogP contribution in [0.15, 0.2) is 72.5 Å². The van der Waals surface area contributed by atoms with E-state index in [0.717, 1.165) is 25.1 Å². The van der Waals surface area contributed by atoms with Gasteiger partial charge in [0, 0.05) is 19.3 Å². The highest BCUT2D eigenvalue weighted by atomic mass is 15.1. The van der Waals surface area contributed by atoms with Crippen molar-refractivity contribution in [1.82, 2.24) is 4.90 Å². The van der Waals surface area contributed by atoms with E-state index in [9.17, 15) is 0 Å². The molecular formula is C17H23N. The molecule has 0 amide bonds. The lowest BCUT2D eigenvalue weighted by Crippen LogP contribution is -2.19. The molecule has 0 spiro atoms. The molecule has 0 unspecified atom stereocenters. The predicted octanol–water partition coefficient (Wildman–Crippen LogP) is 4.40. The van der Waals surface area contributed by atoms with Crippen LogP contribution in [-0.2, 0) is 0 Å². The van der Waals surface area contributed by atoms with Crippen molar-refractivity contribution in [3.63, 3.8) is 0 Å². The minimum Gasteiger partial charge on any atom is -0.370 e. The van der Waals surface area contributed by atoms with Crippen molar-refractivity contribution in [2.24, 2.45) is 0 Å². The van der Waals surface area contributed by atoms with Crippen molar-refractivity contribution >= 4 is 0 Å². The van der Waals surface area contributed by atoms with E-state index in [4.69, 9.17) is 0 Å². The molecule has 0 N–H and O–H groups in total. The molecule has 0 fully saturated rings. The maximum atomic E-state index is 3.83. The van der Waals surface area contributed by atoms with Crippen molar-refractivity contribution in [2.45, 2.75) is 19.8 Å². The Hall–Kier alpha value is -1.76. The van der Waals surface area contributed by atoms with Gasteiger partial charge in [0.2, 0.25) is 0 Å². The summed E-state index contributed by atoms with van der Waals surface area (Å²) in [6.07, 6.45) is 16.8. The van der Waals surface area contributed by atoms with E-state index in [1.807, 2.05) is 12.2 Å².